The molecule has 1 saturated carbocycles. The summed E-state index contributed by atoms with van der Waals surface area (Å²) in [4.78, 5) is 0. The molecule has 1 fully saturated rings. The first-order valence-corrected chi connectivity index (χ1v) is 5.75. The molecular formula is C13H20ClNO. The molecule has 1 aliphatic carbocycles. The summed E-state index contributed by atoms with van der Waals surface area (Å²) < 4.78 is 5.83. The lowest BCUT2D eigenvalue weighted by Gasteiger charge is -2.33. The van der Waals surface area contributed by atoms with Crippen molar-refractivity contribution in [2.45, 2.75) is 44.4 Å². The molecule has 0 amide bonds. The van der Waals surface area contributed by atoms with Crippen LogP contribution in [-0.4, -0.2) is 5.72 Å². The number of halogens is 1. The summed E-state index contributed by atoms with van der Waals surface area (Å²) >= 11 is 0. The summed E-state index contributed by atoms with van der Waals surface area (Å²) in [6.07, 6.45) is 5.70. The van der Waals surface area contributed by atoms with Crippen LogP contribution in [0.5, 0.6) is 0 Å². The van der Waals surface area contributed by atoms with E-state index >= 15 is 0 Å². The molecule has 0 radical (unpaired) electrons. The fourth-order valence-electron chi connectivity index (χ4n) is 2.10. The molecule has 0 saturated heterocycles. The summed E-state index contributed by atoms with van der Waals surface area (Å²) in [6.45, 7) is 0.636. The third kappa shape index (κ3) is 3.78. The van der Waals surface area contributed by atoms with Crippen LogP contribution < -0.4 is 5.73 Å². The molecule has 0 atom stereocenters. The van der Waals surface area contributed by atoms with Gasteiger partial charge in [-0.15, -0.1) is 12.4 Å². The SMILES string of the molecule is Cl.NC1(OCc2ccccc2)CCCCC1. The minimum Gasteiger partial charge on any atom is -0.356 e. The van der Waals surface area contributed by atoms with Gasteiger partial charge in [-0.3, -0.25) is 0 Å². The lowest BCUT2D eigenvalue weighted by atomic mass is 9.92. The van der Waals surface area contributed by atoms with Crippen LogP contribution in [0.15, 0.2) is 30.3 Å². The maximum absolute atomic E-state index is 6.18. The maximum atomic E-state index is 6.18. The molecule has 0 unspecified atom stereocenters. The van der Waals surface area contributed by atoms with Crippen LogP contribution in [0.3, 0.4) is 0 Å². The predicted molar refractivity (Wildman–Crippen MR) is 68.5 cm³/mol. The Morgan fingerprint density at radius 1 is 1.06 bits per heavy atom. The second-order valence-electron chi connectivity index (χ2n) is 4.40. The molecule has 2 nitrogen and oxygen atoms in total. The first kappa shape index (κ1) is 13.5. The second-order valence-corrected chi connectivity index (χ2v) is 4.40. The van der Waals surface area contributed by atoms with Crippen molar-refractivity contribution in [3.05, 3.63) is 35.9 Å². The minimum absolute atomic E-state index is 0. The first-order valence-electron chi connectivity index (χ1n) is 5.75. The summed E-state index contributed by atoms with van der Waals surface area (Å²) in [5.41, 5.74) is 7.02. The standard InChI is InChI=1S/C13H19NO.ClH/c14-13(9-5-2-6-10-13)15-11-12-7-3-1-4-8-12;/h1,3-4,7-8H,2,5-6,9-11,14H2;1H. The van der Waals surface area contributed by atoms with E-state index in [-0.39, 0.29) is 18.1 Å². The van der Waals surface area contributed by atoms with Gasteiger partial charge in [-0.2, -0.15) is 0 Å². The highest BCUT2D eigenvalue weighted by molar-refractivity contribution is 5.85. The third-order valence-corrected chi connectivity index (χ3v) is 3.07. The summed E-state index contributed by atoms with van der Waals surface area (Å²) in [6, 6.07) is 10.2. The smallest absolute Gasteiger partial charge is 0.117 e. The van der Waals surface area contributed by atoms with Gasteiger partial charge in [0.15, 0.2) is 0 Å². The highest BCUT2D eigenvalue weighted by Crippen LogP contribution is 2.27. The van der Waals surface area contributed by atoms with Gasteiger partial charge in [0.05, 0.1) is 6.61 Å². The van der Waals surface area contributed by atoms with Crippen molar-refractivity contribution in [1.29, 1.82) is 0 Å². The van der Waals surface area contributed by atoms with Crippen molar-refractivity contribution in [2.75, 3.05) is 0 Å². The number of hydrogen-bond acceptors (Lipinski definition) is 2. The summed E-state index contributed by atoms with van der Waals surface area (Å²) in [5.74, 6) is 0. The van der Waals surface area contributed by atoms with E-state index in [2.05, 4.69) is 12.1 Å². The number of benzene rings is 1. The van der Waals surface area contributed by atoms with Gasteiger partial charge in [0.2, 0.25) is 0 Å². The zero-order valence-electron chi connectivity index (χ0n) is 9.52. The summed E-state index contributed by atoms with van der Waals surface area (Å²) in [7, 11) is 0. The average molecular weight is 242 g/mol. The van der Waals surface area contributed by atoms with E-state index in [1.165, 1.54) is 24.8 Å². The van der Waals surface area contributed by atoms with Crippen LogP contribution in [0.1, 0.15) is 37.7 Å². The number of nitrogens with two attached hydrogens (primary N) is 1. The molecule has 0 spiro atoms. The molecule has 1 aromatic rings. The van der Waals surface area contributed by atoms with Crippen molar-refractivity contribution in [2.24, 2.45) is 5.73 Å². The molecule has 2 rings (SSSR count). The lowest BCUT2D eigenvalue weighted by molar-refractivity contribution is -0.0759. The Hall–Kier alpha value is -0.570. The van der Waals surface area contributed by atoms with Crippen molar-refractivity contribution in [3.63, 3.8) is 0 Å². The van der Waals surface area contributed by atoms with Crippen molar-refractivity contribution >= 4 is 12.4 Å². The molecule has 0 heterocycles. The van der Waals surface area contributed by atoms with Crippen LogP contribution in [0.25, 0.3) is 0 Å². The fraction of sp³-hybridized carbons (Fsp3) is 0.538. The molecule has 0 aliphatic heterocycles. The Bertz CT molecular complexity index is 296. The van der Waals surface area contributed by atoms with Crippen LogP contribution in [0, 0.1) is 0 Å². The molecule has 90 valence electrons. The Labute approximate surface area is 104 Å². The fourth-order valence-corrected chi connectivity index (χ4v) is 2.10. The first-order chi connectivity index (χ1) is 7.29. The van der Waals surface area contributed by atoms with Crippen LogP contribution in [-0.2, 0) is 11.3 Å². The van der Waals surface area contributed by atoms with E-state index in [1.54, 1.807) is 0 Å². The quantitative estimate of drug-likeness (QED) is 0.825. The highest BCUT2D eigenvalue weighted by Gasteiger charge is 2.27. The van der Waals surface area contributed by atoms with E-state index in [0.29, 0.717) is 6.61 Å². The monoisotopic (exact) mass is 241 g/mol. The molecule has 3 heteroatoms. The number of hydrogen-bond donors (Lipinski definition) is 1. The van der Waals surface area contributed by atoms with Crippen molar-refractivity contribution < 1.29 is 4.74 Å². The van der Waals surface area contributed by atoms with E-state index in [0.717, 1.165) is 12.8 Å². The lowest BCUT2D eigenvalue weighted by Crippen LogP contribution is -2.44. The molecule has 0 aromatic heterocycles. The predicted octanol–water partition coefficient (Wildman–Crippen LogP) is 3.24. The van der Waals surface area contributed by atoms with Crippen LogP contribution in [0.4, 0.5) is 0 Å². The minimum atomic E-state index is -0.367. The van der Waals surface area contributed by atoms with Gasteiger partial charge in [0.1, 0.15) is 5.72 Å². The Kier molecular flexibility index (Phi) is 5.26. The van der Waals surface area contributed by atoms with Gasteiger partial charge in [0.25, 0.3) is 0 Å². The van der Waals surface area contributed by atoms with Gasteiger partial charge in [-0.25, -0.2) is 0 Å². The maximum Gasteiger partial charge on any atom is 0.117 e. The van der Waals surface area contributed by atoms with Crippen molar-refractivity contribution in [1.82, 2.24) is 0 Å². The molecule has 1 aromatic carbocycles. The van der Waals surface area contributed by atoms with Gasteiger partial charge in [-0.1, -0.05) is 36.8 Å². The highest BCUT2D eigenvalue weighted by atomic mass is 35.5. The van der Waals surface area contributed by atoms with E-state index in [4.69, 9.17) is 10.5 Å². The van der Waals surface area contributed by atoms with Gasteiger partial charge in [0, 0.05) is 0 Å². The Balaban J connectivity index is 0.00000128. The zero-order chi connectivity index (χ0) is 10.6. The topological polar surface area (TPSA) is 35.2 Å². The van der Waals surface area contributed by atoms with Gasteiger partial charge in [-0.05, 0) is 31.2 Å². The summed E-state index contributed by atoms with van der Waals surface area (Å²) in [5, 5.41) is 0. The normalized spacial score (nSPS) is 18.8. The average Bonchev–Trinajstić information content (AvgIpc) is 2.29. The molecule has 0 bridgehead atoms. The second kappa shape index (κ2) is 6.24. The van der Waals surface area contributed by atoms with Gasteiger partial charge < -0.3 is 10.5 Å². The largest absolute Gasteiger partial charge is 0.356 e. The Morgan fingerprint density at radius 3 is 2.31 bits per heavy atom. The molecule has 1 aliphatic rings. The van der Waals surface area contributed by atoms with Gasteiger partial charge >= 0.3 is 0 Å². The molecule has 16 heavy (non-hydrogen) atoms. The van der Waals surface area contributed by atoms with Crippen molar-refractivity contribution in [3.8, 4) is 0 Å². The Morgan fingerprint density at radius 2 is 1.69 bits per heavy atom. The zero-order valence-corrected chi connectivity index (χ0v) is 10.3. The number of rotatable bonds is 3. The third-order valence-electron chi connectivity index (χ3n) is 3.07. The number of ether oxygens (including phenoxy) is 1. The van der Waals surface area contributed by atoms with Crippen LogP contribution >= 0.6 is 12.4 Å². The van der Waals surface area contributed by atoms with Crippen LogP contribution in [0.2, 0.25) is 0 Å². The van der Waals surface area contributed by atoms with E-state index in [9.17, 15) is 0 Å². The van der Waals surface area contributed by atoms with E-state index in [1.807, 2.05) is 18.2 Å². The van der Waals surface area contributed by atoms with E-state index < -0.39 is 0 Å². The molecule has 2 N–H and O–H groups in total. The molecular weight excluding hydrogens is 222 g/mol.